The molecule has 0 aliphatic carbocycles. The Morgan fingerprint density at radius 2 is 1.65 bits per heavy atom. The van der Waals surface area contributed by atoms with Crippen molar-refractivity contribution in [1.29, 1.82) is 0 Å². The summed E-state index contributed by atoms with van der Waals surface area (Å²) in [4.78, 5) is 15.2. The van der Waals surface area contributed by atoms with E-state index in [2.05, 4.69) is 64.9 Å². The van der Waals surface area contributed by atoms with Gasteiger partial charge in [0.25, 0.3) is 0 Å². The van der Waals surface area contributed by atoms with Crippen LogP contribution in [0.1, 0.15) is 34.6 Å². The average Bonchev–Trinajstić information content (AvgIpc) is 2.39. The third-order valence-corrected chi connectivity index (χ3v) is 2.14. The summed E-state index contributed by atoms with van der Waals surface area (Å²) in [5.41, 5.74) is 1.34. The molecule has 0 bridgehead atoms. The van der Waals surface area contributed by atoms with Crippen LogP contribution in [0, 0.1) is 0 Å². The van der Waals surface area contributed by atoms with Gasteiger partial charge in [-0.25, -0.2) is 9.79 Å². The predicted molar refractivity (Wildman–Crippen MR) is 93.7 cm³/mol. The molecule has 0 amide bonds. The summed E-state index contributed by atoms with van der Waals surface area (Å²) in [6.45, 7) is 9.35. The Kier molecular flexibility index (Phi) is 8.84. The summed E-state index contributed by atoms with van der Waals surface area (Å²) in [7, 11) is 0. The summed E-state index contributed by atoms with van der Waals surface area (Å²) in [6, 6.07) is 0. The zero-order valence-corrected chi connectivity index (χ0v) is 18.2. The van der Waals surface area contributed by atoms with E-state index in [4.69, 9.17) is 4.74 Å². The fourth-order valence-electron chi connectivity index (χ4n) is 0.909. The van der Waals surface area contributed by atoms with Crippen LogP contribution in [0.25, 0.3) is 0 Å². The monoisotopic (exact) mass is 613 g/mol. The number of halogens is 3. The fraction of sp³-hybridized carbons (Fsp3) is 0.600. The summed E-state index contributed by atoms with van der Waals surface area (Å²) >= 11 is 7.39. The van der Waals surface area contributed by atoms with E-state index in [1.54, 1.807) is 13.8 Å². The number of nitrogens with zero attached hydrogens (tertiary/aromatic N) is 1. The molecule has 0 saturated carbocycles. The summed E-state index contributed by atoms with van der Waals surface area (Å²) in [5.74, 6) is 0.193. The maximum atomic E-state index is 11.3. The molecule has 1 aliphatic rings. The number of cyclic esters (lactones) is 1. The molecule has 0 aromatic rings. The summed E-state index contributed by atoms with van der Waals surface area (Å²) < 4.78 is 5.05. The Morgan fingerprint density at radius 3 is 1.88 bits per heavy atom. The number of carbonyl (C=O) groups excluding carboxylic acids is 1. The number of rotatable bonds is 1. The van der Waals surface area contributed by atoms with Gasteiger partial charge in [-0.1, -0.05) is 5.57 Å². The zero-order valence-electron chi connectivity index (χ0n) is 10.3. The quantitative estimate of drug-likeness (QED) is 0.317. The molecule has 1 heterocycles. The van der Waals surface area contributed by atoms with E-state index in [9.17, 15) is 4.79 Å². The van der Waals surface area contributed by atoms with Crippen molar-refractivity contribution in [2.45, 2.75) is 40.2 Å². The topological polar surface area (TPSA) is 38.7 Å². The number of hydrogen-bond acceptors (Lipinski definition) is 3. The first kappa shape index (κ1) is 18.7. The minimum absolute atomic E-state index is 0.275. The van der Waals surface area contributed by atoms with Crippen LogP contribution in [-0.4, -0.2) is 17.4 Å². The molecule has 98 valence electrons. The van der Waals surface area contributed by atoms with Crippen LogP contribution < -0.4 is 0 Å². The second-order valence-corrected chi connectivity index (χ2v) is 39.6. The van der Waals surface area contributed by atoms with Gasteiger partial charge in [-0.05, 0) is 34.6 Å². The van der Waals surface area contributed by atoms with Crippen molar-refractivity contribution in [3.05, 3.63) is 11.1 Å². The zero-order chi connectivity index (χ0) is 13.8. The first-order valence-electron chi connectivity index (χ1n) is 4.82. The van der Waals surface area contributed by atoms with E-state index >= 15 is 0 Å². The first-order valence-corrected chi connectivity index (χ1v) is 18.3. The van der Waals surface area contributed by atoms with Gasteiger partial charge in [0.05, 0.1) is 0 Å². The van der Waals surface area contributed by atoms with Gasteiger partial charge in [-0.2, -0.15) is 0 Å². The van der Waals surface area contributed by atoms with Crippen molar-refractivity contribution in [2.75, 3.05) is 0 Å². The van der Waals surface area contributed by atoms with Gasteiger partial charge in [-0.3, -0.25) is 0 Å². The van der Waals surface area contributed by atoms with Gasteiger partial charge in [0, 0.05) is 5.57 Å². The van der Waals surface area contributed by atoms with Crippen LogP contribution in [0.15, 0.2) is 16.1 Å². The Labute approximate surface area is 140 Å². The van der Waals surface area contributed by atoms with Crippen LogP contribution in [0.5, 0.6) is 0 Å². The van der Waals surface area contributed by atoms with Gasteiger partial charge < -0.3 is 4.74 Å². The van der Waals surface area contributed by atoms with Crippen molar-refractivity contribution in [3.8, 4) is 0 Å². The summed E-state index contributed by atoms with van der Waals surface area (Å²) in [5, 5.41) is 0. The van der Waals surface area contributed by atoms with Gasteiger partial charge in [-0.15, -0.1) is 0 Å². The molecule has 0 spiro atoms. The Morgan fingerprint density at radius 1 is 1.24 bits per heavy atom. The second kappa shape index (κ2) is 8.06. The number of allylic oxidation sites excluding steroid dienone is 1. The Balaban J connectivity index is 0.000000557. The maximum absolute atomic E-state index is 11.3. The predicted octanol–water partition coefficient (Wildman–Crippen LogP) is 4.73. The second-order valence-electron chi connectivity index (χ2n) is 4.18. The van der Waals surface area contributed by atoms with Crippen molar-refractivity contribution in [2.24, 2.45) is 4.99 Å². The van der Waals surface area contributed by atoms with E-state index in [1.165, 1.54) is 0 Å². The SMILES string of the molecule is CC(C)=C(C)C1=NC(C)(C)C(=O)O1.[I][V]([I])[I]. The Hall–Kier alpha value is 1.65. The van der Waals surface area contributed by atoms with Gasteiger partial charge in [0.2, 0.25) is 5.90 Å². The minimum atomic E-state index is -0.716. The fourth-order valence-corrected chi connectivity index (χ4v) is 0.909. The van der Waals surface area contributed by atoms with Crippen LogP contribution in [0.3, 0.4) is 0 Å². The van der Waals surface area contributed by atoms with Gasteiger partial charge in [0.1, 0.15) is 0 Å². The number of esters is 1. The number of ether oxygens (including phenoxy) is 1. The van der Waals surface area contributed by atoms with Crippen LogP contribution in [-0.2, 0) is 14.5 Å². The van der Waals surface area contributed by atoms with E-state index < -0.39 is 5.54 Å². The van der Waals surface area contributed by atoms with Crippen LogP contribution in [0.4, 0.5) is 0 Å². The van der Waals surface area contributed by atoms with Crippen molar-refractivity contribution >= 4 is 71.8 Å². The molecular formula is C10H15I3NO2V. The van der Waals surface area contributed by atoms with Crippen molar-refractivity contribution in [1.82, 2.24) is 0 Å². The molecule has 1 aliphatic heterocycles. The number of aliphatic imine (C=N–C) groups is 1. The number of hydrogen-bond donors (Lipinski definition) is 0. The summed E-state index contributed by atoms with van der Waals surface area (Å²) in [6.07, 6.45) is 0. The molecule has 0 radical (unpaired) electrons. The molecule has 0 atom stereocenters. The van der Waals surface area contributed by atoms with Crippen molar-refractivity contribution < 1.29 is 14.5 Å². The molecular weight excluding hydrogens is 598 g/mol. The molecule has 0 N–H and O–H groups in total. The molecule has 1 rings (SSSR count). The van der Waals surface area contributed by atoms with Gasteiger partial charge >= 0.3 is 70.8 Å². The van der Waals surface area contributed by atoms with E-state index in [-0.39, 0.29) is 10.9 Å². The van der Waals surface area contributed by atoms with E-state index in [0.717, 1.165) is 11.1 Å². The molecule has 0 saturated heterocycles. The molecule has 0 aromatic heterocycles. The van der Waals surface area contributed by atoms with Crippen LogP contribution in [0.2, 0.25) is 0 Å². The van der Waals surface area contributed by atoms with Crippen LogP contribution >= 0.6 is 59.9 Å². The molecule has 7 heteroatoms. The normalized spacial score (nSPS) is 17.0. The standard InChI is InChI=1S/C10H15NO2.3HI.V/c1-6(2)7(3)8-11-10(4,5)9(12)13-8;;;;/h1-5H3;3*1H;/q;;;;+3/p-3. The van der Waals surface area contributed by atoms with E-state index in [0.29, 0.717) is 5.90 Å². The average molecular weight is 613 g/mol. The third-order valence-electron chi connectivity index (χ3n) is 2.14. The van der Waals surface area contributed by atoms with E-state index in [1.807, 2.05) is 20.8 Å². The number of carbonyl (C=O) groups is 1. The van der Waals surface area contributed by atoms with Gasteiger partial charge in [0.15, 0.2) is 5.54 Å². The molecule has 0 unspecified atom stereocenters. The molecule has 0 aromatic carbocycles. The third kappa shape index (κ3) is 7.12. The first-order chi connectivity index (χ1) is 7.58. The Bertz CT molecular complexity index is 358. The molecule has 0 fully saturated rings. The molecule has 17 heavy (non-hydrogen) atoms. The van der Waals surface area contributed by atoms with Crippen molar-refractivity contribution in [3.63, 3.8) is 0 Å². The molecule has 3 nitrogen and oxygen atoms in total.